The summed E-state index contributed by atoms with van der Waals surface area (Å²) in [6.07, 6.45) is 47.1. The van der Waals surface area contributed by atoms with Gasteiger partial charge in [0.25, 0.3) is 0 Å². The van der Waals surface area contributed by atoms with Crippen molar-refractivity contribution in [1.29, 1.82) is 0 Å². The average Bonchev–Trinajstić information content (AvgIpc) is 3.53. The summed E-state index contributed by atoms with van der Waals surface area (Å²) in [4.78, 5) is 10.4. The Bertz CT molecular complexity index is 881. The zero-order valence-corrected chi connectivity index (χ0v) is 31.4. The zero-order valence-electron chi connectivity index (χ0n) is 30.5. The van der Waals surface area contributed by atoms with Gasteiger partial charge in [-0.15, -0.1) is 5.09 Å². The lowest BCUT2D eigenvalue weighted by atomic mass is 10.0. The highest BCUT2D eigenvalue weighted by molar-refractivity contribution is 7.58. The second-order valence-electron chi connectivity index (χ2n) is 12.4. The van der Waals surface area contributed by atoms with E-state index in [1.807, 2.05) is 6.08 Å². The molecule has 0 spiro atoms. The quantitative estimate of drug-likeness (QED) is 0.0207. The first-order chi connectivity index (χ1) is 23.6. The fourth-order valence-electron chi connectivity index (χ4n) is 5.10. The van der Waals surface area contributed by atoms with Crippen LogP contribution in [0, 0.1) is 0 Å². The van der Waals surface area contributed by atoms with Crippen molar-refractivity contribution in [1.82, 2.24) is 5.09 Å². The van der Waals surface area contributed by atoms with Crippen LogP contribution in [0.2, 0.25) is 0 Å². The number of aliphatic hydroxyl groups excluding tert-OH is 1. The van der Waals surface area contributed by atoms with Gasteiger partial charge in [0.05, 0.1) is 12.8 Å². The topological polar surface area (TPSA) is 89.4 Å². The molecule has 1 rings (SSSR count). The Balaban J connectivity index is 2.20. The second kappa shape index (κ2) is 33.9. The van der Waals surface area contributed by atoms with Crippen molar-refractivity contribution >= 4 is 8.09 Å². The summed E-state index contributed by atoms with van der Waals surface area (Å²) >= 11 is 0. The predicted octanol–water partition coefficient (Wildman–Crippen LogP) is 11.1. The van der Waals surface area contributed by atoms with Gasteiger partial charge in [-0.3, -0.25) is 0 Å². The first-order valence-electron chi connectivity index (χ1n) is 19.1. The van der Waals surface area contributed by atoms with Crippen LogP contribution in [-0.4, -0.2) is 48.8 Å². The minimum absolute atomic E-state index is 0.0581. The Hall–Kier alpha value is -1.57. The van der Waals surface area contributed by atoms with E-state index in [2.05, 4.69) is 79.7 Å². The molecule has 48 heavy (non-hydrogen) atoms. The van der Waals surface area contributed by atoms with E-state index in [0.717, 1.165) is 44.9 Å². The lowest BCUT2D eigenvalue weighted by Crippen LogP contribution is -2.31. The van der Waals surface area contributed by atoms with E-state index in [4.69, 9.17) is 18.5 Å². The summed E-state index contributed by atoms with van der Waals surface area (Å²) in [7, 11) is -3.06. The molecule has 0 aromatic heterocycles. The molecule has 1 saturated heterocycles. The number of unbranched alkanes of at least 4 members (excludes halogenated alkanes) is 12. The third-order valence-electron chi connectivity index (χ3n) is 7.90. The van der Waals surface area contributed by atoms with E-state index >= 15 is 0 Å². The molecule has 1 aliphatic heterocycles. The Morgan fingerprint density at radius 3 is 1.75 bits per heavy atom. The van der Waals surface area contributed by atoms with Gasteiger partial charge in [-0.1, -0.05) is 145 Å². The smallest absolute Gasteiger partial charge is 0.499 e. The Kier molecular flexibility index (Phi) is 31.4. The van der Waals surface area contributed by atoms with Crippen LogP contribution in [0.15, 0.2) is 73.1 Å². The van der Waals surface area contributed by atoms with E-state index in [-0.39, 0.29) is 13.2 Å². The molecule has 0 aromatic carbocycles. The van der Waals surface area contributed by atoms with E-state index in [0.29, 0.717) is 26.0 Å². The van der Waals surface area contributed by atoms with Crippen molar-refractivity contribution in [3.63, 3.8) is 0 Å². The van der Waals surface area contributed by atoms with Crippen molar-refractivity contribution in [3.8, 4) is 0 Å². The number of rotatable bonds is 33. The third-order valence-corrected chi connectivity index (χ3v) is 9.56. The second-order valence-corrected chi connectivity index (χ2v) is 14.3. The predicted molar refractivity (Wildman–Crippen MR) is 204 cm³/mol. The van der Waals surface area contributed by atoms with Gasteiger partial charge in [-0.2, -0.15) is 13.9 Å². The van der Waals surface area contributed by atoms with Crippen LogP contribution in [0.5, 0.6) is 0 Å². The van der Waals surface area contributed by atoms with Crippen molar-refractivity contribution in [3.05, 3.63) is 73.1 Å². The maximum absolute atomic E-state index is 10.5. The summed E-state index contributed by atoms with van der Waals surface area (Å²) in [6.45, 7) is 5.65. The number of nitrogens with one attached hydrogen (secondary N) is 1. The third kappa shape index (κ3) is 29.4. The molecule has 1 fully saturated rings. The summed E-state index contributed by atoms with van der Waals surface area (Å²) in [6, 6.07) is 0. The van der Waals surface area contributed by atoms with Crippen molar-refractivity contribution in [2.75, 3.05) is 26.4 Å². The number of hydrogen-bond acceptors (Lipinski definition) is 7. The monoisotopic (exact) mass is 693 g/mol. The van der Waals surface area contributed by atoms with E-state index in [9.17, 15) is 10.00 Å². The molecule has 276 valence electrons. The molecular formula is C40H71NO6P+. The number of ether oxygens (including phenoxy) is 2. The fourth-order valence-corrected chi connectivity index (χ4v) is 6.43. The van der Waals surface area contributed by atoms with Gasteiger partial charge in [0, 0.05) is 6.42 Å². The van der Waals surface area contributed by atoms with Crippen LogP contribution in [0.3, 0.4) is 0 Å². The number of hydrogen-bond donors (Lipinski definition) is 3. The first kappa shape index (κ1) is 44.5. The molecule has 0 bridgehead atoms. The molecule has 1 heterocycles. The van der Waals surface area contributed by atoms with Gasteiger partial charge >= 0.3 is 8.09 Å². The highest BCUT2D eigenvalue weighted by Crippen LogP contribution is 2.55. The Morgan fingerprint density at radius 2 is 1.21 bits per heavy atom. The van der Waals surface area contributed by atoms with Gasteiger partial charge in [0.15, 0.2) is 6.29 Å². The molecule has 0 amide bonds. The van der Waals surface area contributed by atoms with Gasteiger partial charge < -0.3 is 14.6 Å². The molecule has 8 heteroatoms. The summed E-state index contributed by atoms with van der Waals surface area (Å²) < 4.78 is 22.5. The van der Waals surface area contributed by atoms with Crippen LogP contribution < -0.4 is 5.09 Å². The van der Waals surface area contributed by atoms with Crippen molar-refractivity contribution < 1.29 is 28.5 Å². The number of allylic oxidation sites excluding steroid dienone is 11. The Labute approximate surface area is 295 Å². The molecule has 3 atom stereocenters. The zero-order chi connectivity index (χ0) is 34.6. The highest BCUT2D eigenvalue weighted by atomic mass is 31.2. The molecule has 7 nitrogen and oxygen atoms in total. The van der Waals surface area contributed by atoms with Crippen LogP contribution in [0.1, 0.15) is 142 Å². The maximum atomic E-state index is 10.5. The minimum Gasteiger partial charge on any atom is -0.499 e. The molecule has 0 radical (unpaired) electrons. The van der Waals surface area contributed by atoms with Gasteiger partial charge in [-0.25, -0.2) is 0 Å². The van der Waals surface area contributed by atoms with Crippen molar-refractivity contribution in [2.24, 2.45) is 0 Å². The average molecular weight is 693 g/mol. The molecule has 3 unspecified atom stereocenters. The van der Waals surface area contributed by atoms with Crippen LogP contribution in [0.25, 0.3) is 0 Å². The summed E-state index contributed by atoms with van der Waals surface area (Å²) in [5.74, 6) is 0. The highest BCUT2D eigenvalue weighted by Gasteiger charge is 2.46. The SMILES string of the molecule is CC/C=C\C/C=C\C/C=C\C/C=C\C/C=C\CCC(O)OC(CO/C=C\CCCCCCCCCCCCCC)CO[P+]1(O)NCCO1. The first-order valence-corrected chi connectivity index (χ1v) is 20.7. The normalized spacial score (nSPS) is 18.7. The fraction of sp³-hybridized carbons (Fsp3) is 0.700. The summed E-state index contributed by atoms with van der Waals surface area (Å²) in [5.41, 5.74) is 0. The minimum atomic E-state index is -3.06. The standard InChI is InChI=1S/C40H71NO6P/c1-3-5-7-9-11-13-15-17-19-20-21-23-25-27-29-31-33-40(42)47-39(38-46-48(43)41-34-36-45-48)37-44-35-32-30-28-26-24-22-18-16-14-12-10-8-6-4-2/h5,7,11,13,17,19,21,23,27,29,32,35,39-43H,3-4,6,8-10,12,14-16,18,20,22,24-26,28,30-31,33-34,36-38H2,1-2H3/q+1/b7-5-,13-11-,19-17-,23-21-,29-27-,35-32-. The summed E-state index contributed by atoms with van der Waals surface area (Å²) in [5, 5.41) is 13.4. The lowest BCUT2D eigenvalue weighted by molar-refractivity contribution is -0.158. The van der Waals surface area contributed by atoms with Gasteiger partial charge in [-0.05, 0) is 57.4 Å². The lowest BCUT2D eigenvalue weighted by Gasteiger charge is -2.21. The van der Waals surface area contributed by atoms with E-state index < -0.39 is 20.5 Å². The molecule has 0 aliphatic carbocycles. The molecule has 0 aromatic rings. The largest absolute Gasteiger partial charge is 0.499 e. The van der Waals surface area contributed by atoms with Gasteiger partial charge in [0.1, 0.15) is 25.9 Å². The van der Waals surface area contributed by atoms with E-state index in [1.54, 1.807) is 6.26 Å². The van der Waals surface area contributed by atoms with Gasteiger partial charge in [0.2, 0.25) is 0 Å². The molecule has 1 aliphatic rings. The van der Waals surface area contributed by atoms with Crippen LogP contribution in [-0.2, 0) is 18.5 Å². The number of aliphatic hydroxyl groups is 1. The molecule has 3 N–H and O–H groups in total. The van der Waals surface area contributed by atoms with E-state index in [1.165, 1.54) is 70.6 Å². The maximum Gasteiger partial charge on any atom is 0.499 e. The Morgan fingerprint density at radius 1 is 0.667 bits per heavy atom. The molecular weight excluding hydrogens is 621 g/mol. The van der Waals surface area contributed by atoms with Crippen LogP contribution >= 0.6 is 8.09 Å². The molecule has 0 saturated carbocycles. The van der Waals surface area contributed by atoms with Crippen LogP contribution in [0.4, 0.5) is 0 Å². The van der Waals surface area contributed by atoms with Crippen molar-refractivity contribution in [2.45, 2.75) is 155 Å².